The predicted molar refractivity (Wildman–Crippen MR) is 141 cm³/mol. The number of likely N-dealkylation sites (tertiary alicyclic amines) is 1. The minimum absolute atomic E-state index is 0.365. The molecule has 5 nitrogen and oxygen atoms in total. The fourth-order valence-corrected chi connectivity index (χ4v) is 5.88. The molecule has 3 aromatic heterocycles. The van der Waals surface area contributed by atoms with E-state index < -0.39 is 5.60 Å². The second-order valence-electron chi connectivity index (χ2n) is 10.9. The van der Waals surface area contributed by atoms with Gasteiger partial charge >= 0.3 is 0 Å². The summed E-state index contributed by atoms with van der Waals surface area (Å²) in [6.07, 6.45) is 8.13. The number of H-pyrrole nitrogens is 1. The van der Waals surface area contributed by atoms with Crippen LogP contribution in [0.5, 0.6) is 0 Å². The number of hydrogen-bond acceptors (Lipinski definition) is 3. The lowest BCUT2D eigenvalue weighted by Gasteiger charge is -2.35. The first-order valence-corrected chi connectivity index (χ1v) is 12.7. The van der Waals surface area contributed by atoms with Crippen LogP contribution in [0.25, 0.3) is 27.8 Å². The number of fused-ring (bicyclic) bond motifs is 2. The second-order valence-corrected chi connectivity index (χ2v) is 11.3. The van der Waals surface area contributed by atoms with Crippen LogP contribution in [-0.4, -0.2) is 49.6 Å². The van der Waals surface area contributed by atoms with Crippen molar-refractivity contribution >= 4 is 28.2 Å². The van der Waals surface area contributed by atoms with Crippen LogP contribution in [0.4, 0.5) is 0 Å². The smallest absolute Gasteiger partial charge is 0.155 e. The van der Waals surface area contributed by atoms with Crippen LogP contribution in [-0.2, 0) is 0 Å². The third-order valence-corrected chi connectivity index (χ3v) is 7.70. The number of hydrogen-bond donors (Lipinski definition) is 2. The standard InChI is InChI=1S/C28H35ClN4O/c1-17(2)24-21-14-20(19-8-11-32(12-9-19)16-28(4,5)34)6-7-23(21)31-26(24)22-15-33-13-10-30-27(33)25(29)18(22)3/h6-7,10,13-15,17,19,31,34H,8-9,11-12,16H2,1-5H3. The van der Waals surface area contributed by atoms with Gasteiger partial charge in [0, 0.05) is 41.6 Å². The number of pyridine rings is 1. The SMILES string of the molecule is Cc1c(-c2[nH]c3ccc(C4CCN(CC(C)(C)O)CC4)cc3c2C(C)C)cn2ccnc2c1Cl. The van der Waals surface area contributed by atoms with Crippen molar-refractivity contribution in [2.75, 3.05) is 19.6 Å². The molecule has 0 aliphatic carbocycles. The molecule has 1 fully saturated rings. The molecule has 0 amide bonds. The van der Waals surface area contributed by atoms with E-state index in [4.69, 9.17) is 11.6 Å². The molecule has 0 spiro atoms. The molecule has 0 unspecified atom stereocenters. The van der Waals surface area contributed by atoms with Crippen molar-refractivity contribution in [3.63, 3.8) is 0 Å². The van der Waals surface area contributed by atoms with Gasteiger partial charge in [-0.05, 0) is 87.4 Å². The van der Waals surface area contributed by atoms with Gasteiger partial charge in [0.2, 0.25) is 0 Å². The summed E-state index contributed by atoms with van der Waals surface area (Å²) in [6, 6.07) is 6.95. The summed E-state index contributed by atoms with van der Waals surface area (Å²) in [5.74, 6) is 0.920. The van der Waals surface area contributed by atoms with E-state index in [0.717, 1.165) is 54.9 Å². The van der Waals surface area contributed by atoms with E-state index in [1.54, 1.807) is 6.20 Å². The number of rotatable bonds is 5. The minimum Gasteiger partial charge on any atom is -0.389 e. The van der Waals surface area contributed by atoms with E-state index in [1.807, 2.05) is 24.4 Å². The van der Waals surface area contributed by atoms with Crippen molar-refractivity contribution in [2.45, 2.75) is 64.9 Å². The largest absolute Gasteiger partial charge is 0.389 e. The number of β-amino-alcohol motifs (C(OH)–C–C–N with tert-alkyl or cyclic N) is 1. The van der Waals surface area contributed by atoms with Gasteiger partial charge < -0.3 is 19.4 Å². The first kappa shape index (κ1) is 23.4. The van der Waals surface area contributed by atoms with Gasteiger partial charge in [0.05, 0.1) is 16.3 Å². The van der Waals surface area contributed by atoms with Crippen LogP contribution in [0.3, 0.4) is 0 Å². The molecule has 4 heterocycles. The number of nitrogens with one attached hydrogen (secondary N) is 1. The fraction of sp³-hybridized carbons (Fsp3) is 0.464. The Hall–Kier alpha value is -2.34. The van der Waals surface area contributed by atoms with E-state index in [1.165, 1.54) is 22.0 Å². The lowest BCUT2D eigenvalue weighted by Crippen LogP contribution is -2.42. The van der Waals surface area contributed by atoms with Gasteiger partial charge in [-0.2, -0.15) is 0 Å². The third kappa shape index (κ3) is 4.26. The third-order valence-electron chi connectivity index (χ3n) is 7.25. The van der Waals surface area contributed by atoms with Gasteiger partial charge in [-0.15, -0.1) is 0 Å². The molecule has 4 aromatic rings. The summed E-state index contributed by atoms with van der Waals surface area (Å²) < 4.78 is 2.01. The van der Waals surface area contributed by atoms with Gasteiger partial charge in [0.15, 0.2) is 5.65 Å². The Morgan fingerprint density at radius 3 is 2.65 bits per heavy atom. The number of nitrogens with zero attached hydrogens (tertiary/aromatic N) is 3. The number of aliphatic hydroxyl groups is 1. The molecule has 1 aliphatic rings. The average Bonchev–Trinajstić information content (AvgIpc) is 3.39. The zero-order chi connectivity index (χ0) is 24.2. The molecule has 0 atom stereocenters. The van der Waals surface area contributed by atoms with Crippen molar-refractivity contribution in [2.24, 2.45) is 0 Å². The first-order valence-electron chi connectivity index (χ1n) is 12.3. The number of benzene rings is 1. The van der Waals surface area contributed by atoms with Crippen molar-refractivity contribution < 1.29 is 5.11 Å². The summed E-state index contributed by atoms with van der Waals surface area (Å²) in [5.41, 5.74) is 7.41. The molecular formula is C28H35ClN4O. The number of aromatic nitrogens is 3. The molecule has 2 N–H and O–H groups in total. The number of aromatic amines is 1. The van der Waals surface area contributed by atoms with Gasteiger partial charge in [0.25, 0.3) is 0 Å². The Kier molecular flexibility index (Phi) is 5.99. The van der Waals surface area contributed by atoms with E-state index in [-0.39, 0.29) is 0 Å². The lowest BCUT2D eigenvalue weighted by atomic mass is 9.87. The van der Waals surface area contributed by atoms with Gasteiger partial charge in [0.1, 0.15) is 0 Å². The van der Waals surface area contributed by atoms with Gasteiger partial charge in [-0.1, -0.05) is 31.5 Å². The monoisotopic (exact) mass is 478 g/mol. The van der Waals surface area contributed by atoms with Crippen LogP contribution in [0.15, 0.2) is 36.8 Å². The maximum atomic E-state index is 10.2. The highest BCUT2D eigenvalue weighted by molar-refractivity contribution is 6.34. The summed E-state index contributed by atoms with van der Waals surface area (Å²) in [6.45, 7) is 13.2. The minimum atomic E-state index is -0.639. The number of piperidine rings is 1. The maximum Gasteiger partial charge on any atom is 0.155 e. The van der Waals surface area contributed by atoms with Crippen LogP contribution < -0.4 is 0 Å². The maximum absolute atomic E-state index is 10.2. The molecule has 0 bridgehead atoms. The highest BCUT2D eigenvalue weighted by Gasteiger charge is 2.26. The molecule has 180 valence electrons. The Balaban J connectivity index is 1.52. The molecule has 34 heavy (non-hydrogen) atoms. The first-order chi connectivity index (χ1) is 16.1. The van der Waals surface area contributed by atoms with E-state index in [0.29, 0.717) is 16.9 Å². The number of imidazole rings is 1. The van der Waals surface area contributed by atoms with E-state index in [9.17, 15) is 5.11 Å². The van der Waals surface area contributed by atoms with Crippen LogP contribution in [0.2, 0.25) is 5.02 Å². The lowest BCUT2D eigenvalue weighted by molar-refractivity contribution is 0.0282. The molecule has 0 radical (unpaired) electrons. The van der Waals surface area contributed by atoms with Crippen LogP contribution >= 0.6 is 11.6 Å². The zero-order valence-electron chi connectivity index (χ0n) is 20.8. The molecule has 1 aliphatic heterocycles. The quantitative estimate of drug-likeness (QED) is 0.343. The van der Waals surface area contributed by atoms with Crippen LogP contribution in [0.1, 0.15) is 69.1 Å². The topological polar surface area (TPSA) is 56.6 Å². The molecule has 0 saturated carbocycles. The average molecular weight is 479 g/mol. The van der Waals surface area contributed by atoms with Gasteiger partial charge in [-0.25, -0.2) is 4.98 Å². The summed E-state index contributed by atoms with van der Waals surface area (Å²) in [4.78, 5) is 10.5. The van der Waals surface area contributed by atoms with E-state index >= 15 is 0 Å². The molecule has 1 saturated heterocycles. The highest BCUT2D eigenvalue weighted by Crippen LogP contribution is 2.40. The molecule has 5 rings (SSSR count). The normalized spacial score (nSPS) is 16.4. The van der Waals surface area contributed by atoms with Crippen molar-refractivity contribution in [3.05, 3.63) is 58.5 Å². The molecule has 6 heteroatoms. The molecular weight excluding hydrogens is 444 g/mol. The second kappa shape index (κ2) is 8.71. The molecule has 1 aromatic carbocycles. The Bertz CT molecular complexity index is 1340. The number of halogens is 1. The predicted octanol–water partition coefficient (Wildman–Crippen LogP) is 6.52. The summed E-state index contributed by atoms with van der Waals surface area (Å²) in [5, 5.41) is 12.2. The fourth-order valence-electron chi connectivity index (χ4n) is 5.63. The van der Waals surface area contributed by atoms with E-state index in [2.05, 4.69) is 60.0 Å². The van der Waals surface area contributed by atoms with Crippen molar-refractivity contribution in [1.29, 1.82) is 0 Å². The van der Waals surface area contributed by atoms with Crippen molar-refractivity contribution in [1.82, 2.24) is 19.3 Å². The Morgan fingerprint density at radius 2 is 1.97 bits per heavy atom. The summed E-state index contributed by atoms with van der Waals surface area (Å²) >= 11 is 6.71. The van der Waals surface area contributed by atoms with Gasteiger partial charge in [-0.3, -0.25) is 0 Å². The van der Waals surface area contributed by atoms with Crippen molar-refractivity contribution in [3.8, 4) is 11.3 Å². The highest BCUT2D eigenvalue weighted by atomic mass is 35.5. The Labute approximate surface area is 206 Å². The zero-order valence-corrected chi connectivity index (χ0v) is 21.6. The summed E-state index contributed by atoms with van der Waals surface area (Å²) in [7, 11) is 0. The Morgan fingerprint density at radius 1 is 1.24 bits per heavy atom. The van der Waals surface area contributed by atoms with Crippen LogP contribution in [0, 0.1) is 6.92 Å².